The van der Waals surface area contributed by atoms with Gasteiger partial charge in [-0.1, -0.05) is 20.8 Å². The molecule has 4 heteroatoms. The lowest BCUT2D eigenvalue weighted by atomic mass is 9.71. The fraction of sp³-hybridized carbons (Fsp3) is 0.929. The molecule has 1 aliphatic rings. The highest BCUT2D eigenvalue weighted by Crippen LogP contribution is 2.39. The van der Waals surface area contributed by atoms with Crippen molar-refractivity contribution in [2.45, 2.75) is 65.1 Å². The summed E-state index contributed by atoms with van der Waals surface area (Å²) in [6, 6.07) is 0. The molecule has 0 radical (unpaired) electrons. The molecule has 18 heavy (non-hydrogen) atoms. The minimum Gasteiger partial charge on any atom is -0.462 e. The number of aliphatic hydroxyl groups is 1. The monoisotopic (exact) mass is 257 g/mol. The maximum Gasteiger partial charge on any atom is 0.309 e. The number of hydrogen-bond acceptors (Lipinski definition) is 4. The lowest BCUT2D eigenvalue weighted by Crippen LogP contribution is -2.39. The van der Waals surface area contributed by atoms with Crippen LogP contribution in [0.15, 0.2) is 0 Å². The summed E-state index contributed by atoms with van der Waals surface area (Å²) in [5.41, 5.74) is 4.46. The van der Waals surface area contributed by atoms with E-state index in [0.717, 1.165) is 12.8 Å². The van der Waals surface area contributed by atoms with Gasteiger partial charge in [-0.3, -0.25) is 4.79 Å². The van der Waals surface area contributed by atoms with E-state index in [0.29, 0.717) is 5.92 Å². The van der Waals surface area contributed by atoms with Crippen LogP contribution in [-0.2, 0) is 9.53 Å². The maximum atomic E-state index is 11.8. The average molecular weight is 257 g/mol. The van der Waals surface area contributed by atoms with Gasteiger partial charge in [0.15, 0.2) is 0 Å². The van der Waals surface area contributed by atoms with Crippen molar-refractivity contribution >= 4 is 5.97 Å². The summed E-state index contributed by atoms with van der Waals surface area (Å²) >= 11 is 0. The van der Waals surface area contributed by atoms with E-state index in [9.17, 15) is 9.90 Å². The van der Waals surface area contributed by atoms with E-state index >= 15 is 0 Å². The van der Waals surface area contributed by atoms with E-state index in [-0.39, 0.29) is 30.5 Å². The first-order valence-corrected chi connectivity index (χ1v) is 6.75. The number of rotatable bonds is 4. The van der Waals surface area contributed by atoms with Crippen molar-refractivity contribution in [3.63, 3.8) is 0 Å². The molecule has 1 aliphatic carbocycles. The van der Waals surface area contributed by atoms with Crippen LogP contribution in [0.25, 0.3) is 0 Å². The second-order valence-corrected chi connectivity index (χ2v) is 6.90. The Hall–Kier alpha value is -0.610. The van der Waals surface area contributed by atoms with Crippen LogP contribution in [0.2, 0.25) is 0 Å². The van der Waals surface area contributed by atoms with Gasteiger partial charge in [0.25, 0.3) is 0 Å². The minimum atomic E-state index is -1.16. The largest absolute Gasteiger partial charge is 0.462 e. The van der Waals surface area contributed by atoms with Crippen molar-refractivity contribution in [2.75, 3.05) is 6.54 Å². The molecule has 0 bridgehead atoms. The lowest BCUT2D eigenvalue weighted by Gasteiger charge is -2.38. The third-order valence-electron chi connectivity index (χ3n) is 3.61. The van der Waals surface area contributed by atoms with Crippen molar-refractivity contribution < 1.29 is 14.6 Å². The van der Waals surface area contributed by atoms with Crippen LogP contribution in [0.5, 0.6) is 0 Å². The molecule has 1 saturated carbocycles. The Morgan fingerprint density at radius 3 is 2.61 bits per heavy atom. The lowest BCUT2D eigenvalue weighted by molar-refractivity contribution is -0.158. The molecule has 0 aliphatic heterocycles. The van der Waals surface area contributed by atoms with Crippen molar-refractivity contribution in [2.24, 2.45) is 17.1 Å². The van der Waals surface area contributed by atoms with E-state index in [1.807, 2.05) is 0 Å². The maximum absolute atomic E-state index is 11.8. The van der Waals surface area contributed by atoms with Crippen LogP contribution in [-0.4, -0.2) is 29.3 Å². The third kappa shape index (κ3) is 4.94. The number of carbonyl (C=O) groups excluding carboxylic acids is 1. The van der Waals surface area contributed by atoms with Gasteiger partial charge < -0.3 is 15.6 Å². The van der Waals surface area contributed by atoms with Gasteiger partial charge in [-0.2, -0.15) is 0 Å². The number of ether oxygens (including phenoxy) is 1. The molecular formula is C14H27NO3. The predicted molar refractivity (Wildman–Crippen MR) is 71.0 cm³/mol. The van der Waals surface area contributed by atoms with Crippen LogP contribution >= 0.6 is 0 Å². The molecule has 3 unspecified atom stereocenters. The Kier molecular flexibility index (Phi) is 4.78. The predicted octanol–water partition coefficient (Wildman–Crippen LogP) is 1.84. The molecule has 1 rings (SSSR count). The van der Waals surface area contributed by atoms with Crippen molar-refractivity contribution in [1.29, 1.82) is 0 Å². The number of nitrogens with two attached hydrogens (primary N) is 1. The fourth-order valence-corrected chi connectivity index (χ4v) is 2.96. The fourth-order valence-electron chi connectivity index (χ4n) is 2.96. The Balaban J connectivity index is 2.49. The SMILES string of the molecule is CC1CC(OC(=O)CC(C)(O)CN)CC(C)(C)C1. The van der Waals surface area contributed by atoms with Gasteiger partial charge in [0.2, 0.25) is 0 Å². The first-order valence-electron chi connectivity index (χ1n) is 6.75. The summed E-state index contributed by atoms with van der Waals surface area (Å²) in [4.78, 5) is 11.8. The molecule has 106 valence electrons. The summed E-state index contributed by atoms with van der Waals surface area (Å²) in [5.74, 6) is 0.224. The van der Waals surface area contributed by atoms with E-state index < -0.39 is 5.60 Å². The standard InChI is InChI=1S/C14H27NO3/c1-10-5-11(7-13(2,3)6-10)18-12(16)8-14(4,17)9-15/h10-11,17H,5-9,15H2,1-4H3. The number of esters is 1. The third-order valence-corrected chi connectivity index (χ3v) is 3.61. The first-order chi connectivity index (χ1) is 8.13. The van der Waals surface area contributed by atoms with Gasteiger partial charge in [0.05, 0.1) is 12.0 Å². The molecule has 0 spiro atoms. The second kappa shape index (κ2) is 5.57. The summed E-state index contributed by atoms with van der Waals surface area (Å²) in [5, 5.41) is 9.75. The van der Waals surface area contributed by atoms with Crippen LogP contribution in [0.3, 0.4) is 0 Å². The number of hydrogen-bond donors (Lipinski definition) is 2. The summed E-state index contributed by atoms with van der Waals surface area (Å²) < 4.78 is 5.48. The molecule has 1 fully saturated rings. The highest BCUT2D eigenvalue weighted by atomic mass is 16.5. The molecule has 0 saturated heterocycles. The zero-order valence-corrected chi connectivity index (χ0v) is 12.0. The summed E-state index contributed by atoms with van der Waals surface area (Å²) in [6.45, 7) is 8.23. The quantitative estimate of drug-likeness (QED) is 0.754. The highest BCUT2D eigenvalue weighted by molar-refractivity contribution is 5.70. The Morgan fingerprint density at radius 2 is 2.11 bits per heavy atom. The van der Waals surface area contributed by atoms with E-state index in [1.54, 1.807) is 6.92 Å². The van der Waals surface area contributed by atoms with Crippen LogP contribution < -0.4 is 5.73 Å². The van der Waals surface area contributed by atoms with Crippen LogP contribution in [0.4, 0.5) is 0 Å². The van der Waals surface area contributed by atoms with Gasteiger partial charge in [-0.25, -0.2) is 0 Å². The van der Waals surface area contributed by atoms with Crippen LogP contribution in [0, 0.1) is 11.3 Å². The van der Waals surface area contributed by atoms with Gasteiger partial charge >= 0.3 is 5.97 Å². The molecule has 0 amide bonds. The second-order valence-electron chi connectivity index (χ2n) is 6.90. The van der Waals surface area contributed by atoms with E-state index in [2.05, 4.69) is 20.8 Å². The minimum absolute atomic E-state index is 0.0233. The summed E-state index contributed by atoms with van der Waals surface area (Å²) in [6.07, 6.45) is 2.93. The first kappa shape index (κ1) is 15.4. The molecule has 3 N–H and O–H groups in total. The van der Waals surface area contributed by atoms with Crippen molar-refractivity contribution in [1.82, 2.24) is 0 Å². The topological polar surface area (TPSA) is 72.5 Å². The highest BCUT2D eigenvalue weighted by Gasteiger charge is 2.34. The van der Waals surface area contributed by atoms with E-state index in [1.165, 1.54) is 6.42 Å². The Morgan fingerprint density at radius 1 is 1.50 bits per heavy atom. The van der Waals surface area contributed by atoms with Gasteiger partial charge in [-0.15, -0.1) is 0 Å². The molecule has 3 atom stereocenters. The smallest absolute Gasteiger partial charge is 0.309 e. The van der Waals surface area contributed by atoms with Crippen molar-refractivity contribution in [3.8, 4) is 0 Å². The van der Waals surface area contributed by atoms with Gasteiger partial charge in [-0.05, 0) is 37.5 Å². The van der Waals surface area contributed by atoms with Crippen molar-refractivity contribution in [3.05, 3.63) is 0 Å². The average Bonchev–Trinajstić information content (AvgIpc) is 2.12. The molecule has 0 aromatic carbocycles. The molecule has 0 aromatic heterocycles. The van der Waals surface area contributed by atoms with Gasteiger partial charge in [0.1, 0.15) is 6.10 Å². The molecule has 0 aromatic rings. The summed E-state index contributed by atoms with van der Waals surface area (Å²) in [7, 11) is 0. The molecule has 0 heterocycles. The zero-order chi connectivity index (χ0) is 14.0. The molecule has 4 nitrogen and oxygen atoms in total. The van der Waals surface area contributed by atoms with E-state index in [4.69, 9.17) is 10.5 Å². The number of carbonyl (C=O) groups is 1. The zero-order valence-electron chi connectivity index (χ0n) is 12.0. The normalized spacial score (nSPS) is 30.6. The van der Waals surface area contributed by atoms with Crippen LogP contribution in [0.1, 0.15) is 53.4 Å². The molecular weight excluding hydrogens is 230 g/mol. The Bertz CT molecular complexity index is 299. The Labute approximate surface area is 110 Å². The van der Waals surface area contributed by atoms with Gasteiger partial charge in [0, 0.05) is 6.54 Å².